The van der Waals surface area contributed by atoms with Crippen LogP contribution >= 0.6 is 0 Å². The highest BCUT2D eigenvalue weighted by atomic mass is 19.4. The van der Waals surface area contributed by atoms with Gasteiger partial charge in [0.1, 0.15) is 6.15 Å². The van der Waals surface area contributed by atoms with E-state index in [1.165, 1.54) is 0 Å². The average Bonchev–Trinajstić information content (AvgIpc) is 3.25. The van der Waals surface area contributed by atoms with Gasteiger partial charge in [0.15, 0.2) is 18.9 Å². The van der Waals surface area contributed by atoms with E-state index >= 15 is 0 Å². The average molecular weight is 1060 g/mol. The summed E-state index contributed by atoms with van der Waals surface area (Å²) in [5.41, 5.74) is -28.4. The van der Waals surface area contributed by atoms with Gasteiger partial charge in [-0.2, -0.15) is 132 Å². The van der Waals surface area contributed by atoms with Crippen molar-refractivity contribution in [3.8, 4) is 6.07 Å². The predicted molar refractivity (Wildman–Crippen MR) is 207 cm³/mol. The summed E-state index contributed by atoms with van der Waals surface area (Å²) >= 11 is 0. The fraction of sp³-hybridized carbons (Fsp3) is 0.200. The molecular weight excluding hydrogens is 1040 g/mol. The summed E-state index contributed by atoms with van der Waals surface area (Å²) in [7, 11) is 0. The number of benzene rings is 5. The lowest BCUT2D eigenvalue weighted by atomic mass is 9.12. The molecule has 1 heterocycles. The molecule has 6 rings (SSSR count). The molecule has 72 heavy (non-hydrogen) atoms. The smallest absolute Gasteiger partial charge is 0.201 e. The summed E-state index contributed by atoms with van der Waals surface area (Å²) in [6.45, 7) is 0.741. The van der Waals surface area contributed by atoms with Crippen molar-refractivity contribution in [2.45, 2.75) is 56.0 Å². The zero-order chi connectivity index (χ0) is 54.4. The molecule has 6 aromatic rings. The van der Waals surface area contributed by atoms with Gasteiger partial charge in [-0.1, -0.05) is 72.8 Å². The molecule has 0 aliphatic heterocycles. The van der Waals surface area contributed by atoms with Crippen LogP contribution in [-0.2, 0) is 56.0 Å². The molecule has 0 unspecified atom stereocenters. The highest BCUT2D eigenvalue weighted by Crippen LogP contribution is 2.41. The molecule has 0 aliphatic rings. The Hall–Kier alpha value is -6.88. The first kappa shape index (κ1) is 56.0. The first-order chi connectivity index (χ1) is 32.7. The number of aromatic nitrogens is 1. The number of nitrogens with zero attached hydrogens (tertiary/aromatic N) is 2. The molecule has 27 heteroatoms. The lowest BCUT2D eigenvalue weighted by Crippen LogP contribution is -2.75. The Morgan fingerprint density at radius 1 is 0.333 bits per heavy atom. The lowest BCUT2D eigenvalue weighted by molar-refractivity contribution is -0.688. The number of hydrogen-bond donors (Lipinski definition) is 0. The monoisotopic (exact) mass is 1060 g/mol. The molecule has 5 aromatic carbocycles. The molecule has 0 fully saturated rings. The molecule has 0 saturated carbocycles. The van der Waals surface area contributed by atoms with Crippen molar-refractivity contribution in [3.63, 3.8) is 0 Å². The maximum atomic E-state index is 14.2. The van der Waals surface area contributed by atoms with Crippen molar-refractivity contribution < 1.29 is 110 Å². The molecule has 384 valence electrons. The summed E-state index contributed by atoms with van der Waals surface area (Å²) in [6.07, 6.45) is -50.8. The minimum absolute atomic E-state index is 0.691. The van der Waals surface area contributed by atoms with Gasteiger partial charge in [0, 0.05) is 17.7 Å². The van der Waals surface area contributed by atoms with Crippen molar-refractivity contribution >= 4 is 28.0 Å². The van der Waals surface area contributed by atoms with E-state index in [0.29, 0.717) is 0 Å². The molecular formula is C45H23BF24N2. The molecule has 0 radical (unpaired) electrons. The highest BCUT2D eigenvalue weighted by molar-refractivity contribution is 7.20. The highest BCUT2D eigenvalue weighted by Gasteiger charge is 2.47. The lowest BCUT2D eigenvalue weighted by Gasteiger charge is -2.46. The fourth-order valence-electron chi connectivity index (χ4n) is 7.57. The van der Waals surface area contributed by atoms with Crippen molar-refractivity contribution in [2.75, 3.05) is 0 Å². The molecule has 0 atom stereocenters. The standard InChI is InChI=1S/C32H12BF24.C13H11N2/c34-25(35,36)13-1-14(26(37,38)39)6-21(5-13)33(22-7-15(27(40,41)42)2-16(8-22)28(43,44)45,23-9-17(29(46,47)48)3-18(10-23)30(49,50)51)24-11-19(31(52,53)54)4-20(12-24)32(55,56)57;14-10-12-6-2-3-7-13(12)11-15-8-4-1-5-9-15/h1-12H;1-9H,11H2/q-1;+1. The third kappa shape index (κ3) is 12.8. The van der Waals surface area contributed by atoms with Crippen LogP contribution in [0.5, 0.6) is 0 Å². The van der Waals surface area contributed by atoms with E-state index < -0.39 is 195 Å². The first-order valence-electron chi connectivity index (χ1n) is 19.4. The molecule has 0 bridgehead atoms. The topological polar surface area (TPSA) is 27.7 Å². The fourth-order valence-corrected chi connectivity index (χ4v) is 7.57. The Morgan fingerprint density at radius 2 is 0.569 bits per heavy atom. The number of alkyl halides is 24. The summed E-state index contributed by atoms with van der Waals surface area (Å²) in [5, 5.41) is 8.94. The van der Waals surface area contributed by atoms with Crippen LogP contribution in [0.25, 0.3) is 0 Å². The van der Waals surface area contributed by atoms with Crippen LogP contribution in [0.2, 0.25) is 0 Å². The Balaban J connectivity index is 0.000000542. The Kier molecular flexibility index (Phi) is 15.0. The predicted octanol–water partition coefficient (Wildman–Crippen LogP) is 13.1. The van der Waals surface area contributed by atoms with Crippen LogP contribution in [0.15, 0.2) is 128 Å². The van der Waals surface area contributed by atoms with E-state index in [-0.39, 0.29) is 0 Å². The largest absolute Gasteiger partial charge is 0.416 e. The van der Waals surface area contributed by atoms with Crippen molar-refractivity contribution in [2.24, 2.45) is 0 Å². The SMILES string of the molecule is FC(F)(F)c1cc([B-](c2cc(C(F)(F)F)cc(C(F)(F)F)c2)(c2cc(C(F)(F)F)cc(C(F)(F)F)c2)c2cc(C(F)(F)F)cc(C(F)(F)F)c2)cc(C(F)(F)F)c1.N#Cc1ccccc1C[n+]1ccccc1. The van der Waals surface area contributed by atoms with E-state index in [1.54, 1.807) is 0 Å². The van der Waals surface area contributed by atoms with Crippen LogP contribution in [0, 0.1) is 11.3 Å². The van der Waals surface area contributed by atoms with E-state index in [0.717, 1.165) is 17.7 Å². The van der Waals surface area contributed by atoms with E-state index in [1.807, 2.05) is 54.9 Å². The van der Waals surface area contributed by atoms with E-state index in [4.69, 9.17) is 5.26 Å². The molecule has 0 saturated heterocycles. The molecule has 0 amide bonds. The third-order valence-corrected chi connectivity index (χ3v) is 10.7. The van der Waals surface area contributed by atoms with Gasteiger partial charge in [0.25, 0.3) is 0 Å². The summed E-state index contributed by atoms with van der Waals surface area (Å²) in [6, 6.07) is 7.01. The van der Waals surface area contributed by atoms with Crippen LogP contribution in [-0.4, -0.2) is 6.15 Å². The summed E-state index contributed by atoms with van der Waals surface area (Å²) in [4.78, 5) is 0. The molecule has 0 aliphatic carbocycles. The van der Waals surface area contributed by atoms with Gasteiger partial charge in [-0.05, 0) is 30.3 Å². The van der Waals surface area contributed by atoms with Gasteiger partial charge in [-0.25, -0.2) is 4.57 Å². The maximum Gasteiger partial charge on any atom is 0.416 e. The van der Waals surface area contributed by atoms with Crippen molar-refractivity contribution in [1.82, 2.24) is 0 Å². The molecule has 0 spiro atoms. The van der Waals surface area contributed by atoms with Gasteiger partial charge >= 0.3 is 49.4 Å². The summed E-state index contributed by atoms with van der Waals surface area (Å²) < 4.78 is 343. The quantitative estimate of drug-likeness (QED) is 0.0928. The number of rotatable bonds is 6. The Labute approximate surface area is 388 Å². The normalized spacial score (nSPS) is 13.3. The van der Waals surface area contributed by atoms with Crippen molar-refractivity contribution in [3.05, 3.63) is 183 Å². The van der Waals surface area contributed by atoms with E-state index in [2.05, 4.69) is 10.6 Å². The number of halogens is 24. The van der Waals surface area contributed by atoms with Gasteiger partial charge in [0.05, 0.1) is 56.1 Å². The van der Waals surface area contributed by atoms with Gasteiger partial charge < -0.3 is 0 Å². The molecule has 2 nitrogen and oxygen atoms in total. The number of hydrogen-bond acceptors (Lipinski definition) is 1. The molecule has 0 N–H and O–H groups in total. The van der Waals surface area contributed by atoms with Crippen LogP contribution in [0.4, 0.5) is 105 Å². The zero-order valence-electron chi connectivity index (χ0n) is 34.9. The van der Waals surface area contributed by atoms with Gasteiger partial charge in [-0.3, -0.25) is 0 Å². The van der Waals surface area contributed by atoms with Crippen LogP contribution in [0.1, 0.15) is 55.6 Å². The third-order valence-electron chi connectivity index (χ3n) is 10.7. The Bertz CT molecular complexity index is 2510. The van der Waals surface area contributed by atoms with Gasteiger partial charge in [0.2, 0.25) is 0 Å². The van der Waals surface area contributed by atoms with Crippen LogP contribution < -0.4 is 26.4 Å². The minimum atomic E-state index is -6.13. The number of pyridine rings is 1. The van der Waals surface area contributed by atoms with E-state index in [9.17, 15) is 105 Å². The second kappa shape index (κ2) is 19.3. The second-order valence-electron chi connectivity index (χ2n) is 15.5. The van der Waals surface area contributed by atoms with Gasteiger partial charge in [-0.15, -0.1) is 0 Å². The minimum Gasteiger partial charge on any atom is -0.201 e. The number of nitriles is 1. The van der Waals surface area contributed by atoms with Crippen LogP contribution in [0.3, 0.4) is 0 Å². The van der Waals surface area contributed by atoms with Crippen molar-refractivity contribution in [1.29, 1.82) is 5.26 Å². The second-order valence-corrected chi connectivity index (χ2v) is 15.5. The molecule has 1 aromatic heterocycles. The summed E-state index contributed by atoms with van der Waals surface area (Å²) in [5.74, 6) is 0. The maximum absolute atomic E-state index is 14.2. The first-order valence-corrected chi connectivity index (χ1v) is 19.4. The Morgan fingerprint density at radius 3 is 0.792 bits per heavy atom. The zero-order valence-corrected chi connectivity index (χ0v) is 34.9.